The molecule has 0 aliphatic heterocycles. The molecule has 1 rings (SSSR count). The van der Waals surface area contributed by atoms with Gasteiger partial charge in [0.25, 0.3) is 0 Å². The number of carboxylic acid groups (broad SMARTS) is 1. The van der Waals surface area contributed by atoms with Crippen LogP contribution in [0.25, 0.3) is 0 Å². The van der Waals surface area contributed by atoms with Crippen molar-refractivity contribution in [2.24, 2.45) is 11.7 Å². The summed E-state index contributed by atoms with van der Waals surface area (Å²) in [5, 5.41) is 8.39. The summed E-state index contributed by atoms with van der Waals surface area (Å²) in [6, 6.07) is -0.704. The maximum absolute atomic E-state index is 10.2. The molecule has 0 heterocycles. The highest BCUT2D eigenvalue weighted by molar-refractivity contribution is 5.73. The molecule has 2 atom stereocenters. The van der Waals surface area contributed by atoms with E-state index in [2.05, 4.69) is 6.58 Å². The number of carbonyl (C=O) groups is 1. The fourth-order valence-electron chi connectivity index (χ4n) is 0.915. The van der Waals surface area contributed by atoms with Gasteiger partial charge in [-0.1, -0.05) is 12.2 Å². The van der Waals surface area contributed by atoms with Gasteiger partial charge in [-0.25, -0.2) is 0 Å². The van der Waals surface area contributed by atoms with Crippen LogP contribution in [0, 0.1) is 5.92 Å². The number of nitrogens with two attached hydrogens (primary N) is 1. The van der Waals surface area contributed by atoms with Crippen LogP contribution in [0.15, 0.2) is 12.2 Å². The highest BCUT2D eigenvalue weighted by Crippen LogP contribution is 2.39. The van der Waals surface area contributed by atoms with Gasteiger partial charge in [0.2, 0.25) is 0 Å². The smallest absolute Gasteiger partial charge is 0.320 e. The first-order chi connectivity index (χ1) is 4.61. The first-order valence-electron chi connectivity index (χ1n) is 3.27. The van der Waals surface area contributed by atoms with E-state index in [4.69, 9.17) is 10.8 Å². The van der Waals surface area contributed by atoms with Gasteiger partial charge in [-0.2, -0.15) is 0 Å². The third kappa shape index (κ3) is 1.57. The molecule has 1 aliphatic carbocycles. The van der Waals surface area contributed by atoms with Gasteiger partial charge in [0.15, 0.2) is 0 Å². The third-order valence-electron chi connectivity index (χ3n) is 1.78. The summed E-state index contributed by atoms with van der Waals surface area (Å²) in [4.78, 5) is 10.2. The molecule has 0 amide bonds. The van der Waals surface area contributed by atoms with Gasteiger partial charge in [-0.15, -0.1) is 0 Å². The molecule has 1 aliphatic rings. The lowest BCUT2D eigenvalue weighted by Gasteiger charge is -2.02. The molecule has 0 aromatic heterocycles. The largest absolute Gasteiger partial charge is 0.480 e. The predicted molar refractivity (Wildman–Crippen MR) is 37.5 cm³/mol. The second-order valence-corrected chi connectivity index (χ2v) is 2.74. The minimum Gasteiger partial charge on any atom is -0.480 e. The molecule has 56 valence electrons. The Bertz CT molecular complexity index is 176. The van der Waals surface area contributed by atoms with Crippen LogP contribution in [0.4, 0.5) is 0 Å². The van der Waals surface area contributed by atoms with Crippen molar-refractivity contribution in [3.63, 3.8) is 0 Å². The fourth-order valence-corrected chi connectivity index (χ4v) is 0.915. The summed E-state index contributed by atoms with van der Waals surface area (Å²) in [5.74, 6) is -0.536. The van der Waals surface area contributed by atoms with E-state index in [1.807, 2.05) is 0 Å². The lowest BCUT2D eigenvalue weighted by Crippen LogP contribution is -2.30. The van der Waals surface area contributed by atoms with E-state index in [0.717, 1.165) is 12.0 Å². The standard InChI is InChI=1S/C7H11NO2/c1-4-2-5(4)3-6(8)7(9)10/h5-6H,1-3,8H2,(H,9,10)/t5?,6-/m1/s1. The number of hydrogen-bond acceptors (Lipinski definition) is 2. The van der Waals surface area contributed by atoms with Gasteiger partial charge in [-0.3, -0.25) is 4.79 Å². The summed E-state index contributed by atoms with van der Waals surface area (Å²) in [6.07, 6.45) is 1.51. The molecule has 0 spiro atoms. The monoisotopic (exact) mass is 141 g/mol. The average Bonchev–Trinajstić information content (AvgIpc) is 2.46. The van der Waals surface area contributed by atoms with Crippen molar-refractivity contribution >= 4 is 5.97 Å². The molecule has 3 nitrogen and oxygen atoms in total. The molecule has 1 unspecified atom stereocenters. The molecule has 0 aromatic carbocycles. The van der Waals surface area contributed by atoms with Gasteiger partial charge in [0.1, 0.15) is 6.04 Å². The zero-order valence-corrected chi connectivity index (χ0v) is 5.71. The van der Waals surface area contributed by atoms with Crippen molar-refractivity contribution < 1.29 is 9.90 Å². The first-order valence-corrected chi connectivity index (χ1v) is 3.27. The molecule has 0 aromatic rings. The second-order valence-electron chi connectivity index (χ2n) is 2.74. The van der Waals surface area contributed by atoms with Gasteiger partial charge < -0.3 is 10.8 Å². The molecule has 10 heavy (non-hydrogen) atoms. The van der Waals surface area contributed by atoms with Gasteiger partial charge in [-0.05, 0) is 18.8 Å². The zero-order chi connectivity index (χ0) is 7.72. The van der Waals surface area contributed by atoms with E-state index in [0.29, 0.717) is 12.3 Å². The van der Waals surface area contributed by atoms with E-state index in [1.54, 1.807) is 0 Å². The Morgan fingerprint density at radius 2 is 2.50 bits per heavy atom. The Hall–Kier alpha value is -0.830. The maximum atomic E-state index is 10.2. The minimum atomic E-state index is -0.917. The van der Waals surface area contributed by atoms with Crippen molar-refractivity contribution in [2.75, 3.05) is 0 Å². The van der Waals surface area contributed by atoms with Crippen LogP contribution in [-0.4, -0.2) is 17.1 Å². The van der Waals surface area contributed by atoms with E-state index in [-0.39, 0.29) is 0 Å². The highest BCUT2D eigenvalue weighted by Gasteiger charge is 2.30. The predicted octanol–water partition coefficient (Wildman–Crippen LogP) is 0.365. The summed E-state index contributed by atoms with van der Waals surface area (Å²) in [5.41, 5.74) is 6.41. The lowest BCUT2D eigenvalue weighted by molar-refractivity contribution is -0.138. The molecule has 1 fully saturated rings. The van der Waals surface area contributed by atoms with Crippen LogP contribution < -0.4 is 5.73 Å². The van der Waals surface area contributed by atoms with E-state index in [9.17, 15) is 4.79 Å². The van der Waals surface area contributed by atoms with E-state index < -0.39 is 12.0 Å². The Labute approximate surface area is 59.5 Å². The van der Waals surface area contributed by atoms with E-state index >= 15 is 0 Å². The van der Waals surface area contributed by atoms with Crippen molar-refractivity contribution in [3.05, 3.63) is 12.2 Å². The minimum absolute atomic E-state index is 0.381. The number of aliphatic carboxylic acids is 1. The molecule has 3 heteroatoms. The van der Waals surface area contributed by atoms with Crippen molar-refractivity contribution in [1.82, 2.24) is 0 Å². The summed E-state index contributed by atoms with van der Waals surface area (Å²) in [7, 11) is 0. The van der Waals surface area contributed by atoms with Crippen molar-refractivity contribution in [2.45, 2.75) is 18.9 Å². The Morgan fingerprint density at radius 1 is 2.00 bits per heavy atom. The zero-order valence-electron chi connectivity index (χ0n) is 5.71. The second kappa shape index (κ2) is 2.42. The van der Waals surface area contributed by atoms with Crippen LogP contribution >= 0.6 is 0 Å². The molecule has 0 bridgehead atoms. The van der Waals surface area contributed by atoms with Gasteiger partial charge >= 0.3 is 5.97 Å². The SMILES string of the molecule is C=C1CC1C[C@@H](N)C(=O)O. The quantitative estimate of drug-likeness (QED) is 0.558. The molecule has 0 radical (unpaired) electrons. The molecular weight excluding hydrogens is 130 g/mol. The summed E-state index contributed by atoms with van der Waals surface area (Å²) in [6.45, 7) is 3.71. The number of rotatable bonds is 3. The maximum Gasteiger partial charge on any atom is 0.320 e. The highest BCUT2D eigenvalue weighted by atomic mass is 16.4. The normalized spacial score (nSPS) is 26.1. The number of hydrogen-bond donors (Lipinski definition) is 2. The third-order valence-corrected chi connectivity index (χ3v) is 1.78. The summed E-state index contributed by atoms with van der Waals surface area (Å²) < 4.78 is 0. The average molecular weight is 141 g/mol. The van der Waals surface area contributed by atoms with Crippen molar-refractivity contribution in [3.8, 4) is 0 Å². The van der Waals surface area contributed by atoms with E-state index in [1.165, 1.54) is 0 Å². The number of allylic oxidation sites excluding steroid dienone is 1. The number of carboxylic acids is 1. The first kappa shape index (κ1) is 7.28. The van der Waals surface area contributed by atoms with Crippen molar-refractivity contribution in [1.29, 1.82) is 0 Å². The molecule has 0 saturated heterocycles. The summed E-state index contributed by atoms with van der Waals surface area (Å²) >= 11 is 0. The Morgan fingerprint density at radius 3 is 2.80 bits per heavy atom. The molecule has 1 saturated carbocycles. The van der Waals surface area contributed by atoms with Gasteiger partial charge in [0, 0.05) is 0 Å². The topological polar surface area (TPSA) is 63.3 Å². The van der Waals surface area contributed by atoms with Crippen LogP contribution in [0.5, 0.6) is 0 Å². The lowest BCUT2D eigenvalue weighted by atomic mass is 10.1. The van der Waals surface area contributed by atoms with Gasteiger partial charge in [0.05, 0.1) is 0 Å². The fraction of sp³-hybridized carbons (Fsp3) is 0.571. The van der Waals surface area contributed by atoms with Crippen LogP contribution in [0.3, 0.4) is 0 Å². The van der Waals surface area contributed by atoms with Crippen LogP contribution in [-0.2, 0) is 4.79 Å². The molecular formula is C7H11NO2. The van der Waals surface area contributed by atoms with Crippen LogP contribution in [0.2, 0.25) is 0 Å². The Balaban J connectivity index is 2.25. The van der Waals surface area contributed by atoms with Crippen LogP contribution in [0.1, 0.15) is 12.8 Å². The molecule has 3 N–H and O–H groups in total. The Kier molecular flexibility index (Phi) is 1.76.